The van der Waals surface area contributed by atoms with Gasteiger partial charge in [-0.05, 0) is 31.1 Å². The lowest BCUT2D eigenvalue weighted by molar-refractivity contribution is -0.167. The molecule has 0 aromatic carbocycles. The summed E-state index contributed by atoms with van der Waals surface area (Å²) in [5, 5.41) is 0. The Morgan fingerprint density at radius 2 is 0.717 bits per heavy atom. The molecular weight excluding hydrogens is 661 g/mol. The smallest absolute Gasteiger partial charge is 0.306 e. The van der Waals surface area contributed by atoms with E-state index in [2.05, 4.69) is 34.6 Å². The highest BCUT2D eigenvalue weighted by Crippen LogP contribution is 2.17. The second-order valence-electron chi connectivity index (χ2n) is 16.8. The molecule has 0 amide bonds. The van der Waals surface area contributed by atoms with Gasteiger partial charge >= 0.3 is 17.9 Å². The van der Waals surface area contributed by atoms with Crippen molar-refractivity contribution in [2.45, 2.75) is 259 Å². The number of carbonyl (C=O) groups excluding carboxylic acids is 3. The average Bonchev–Trinajstić information content (AvgIpc) is 3.14. The number of hydrogen-bond donors (Lipinski definition) is 0. The van der Waals surface area contributed by atoms with Crippen LogP contribution in [0.15, 0.2) is 0 Å². The molecule has 2 atom stereocenters. The quantitative estimate of drug-likeness (QED) is 0.0352. The fourth-order valence-corrected chi connectivity index (χ4v) is 6.90. The normalized spacial score (nSPS) is 12.6. The van der Waals surface area contributed by atoms with Gasteiger partial charge in [0.2, 0.25) is 0 Å². The molecule has 0 aliphatic carbocycles. The lowest BCUT2D eigenvalue weighted by Crippen LogP contribution is -2.30. The molecule has 0 aromatic heterocycles. The molecule has 0 saturated carbocycles. The van der Waals surface area contributed by atoms with Gasteiger partial charge in [0, 0.05) is 19.3 Å². The molecule has 0 N–H and O–H groups in total. The van der Waals surface area contributed by atoms with Crippen LogP contribution in [0.4, 0.5) is 0 Å². The fraction of sp³-hybridized carbons (Fsp3) is 0.936. The van der Waals surface area contributed by atoms with Gasteiger partial charge in [0.25, 0.3) is 0 Å². The van der Waals surface area contributed by atoms with Gasteiger partial charge in [-0.3, -0.25) is 14.4 Å². The van der Waals surface area contributed by atoms with E-state index < -0.39 is 6.10 Å². The van der Waals surface area contributed by atoms with Crippen molar-refractivity contribution in [3.05, 3.63) is 0 Å². The SMILES string of the molecule is CCCCCCCC(=O)OC[C@H](COC(=O)CCCCCCCCCCCCCCCCCC(C)C)OC(=O)CCCCCCCCCCC(C)CC. The van der Waals surface area contributed by atoms with E-state index in [4.69, 9.17) is 14.2 Å². The predicted molar refractivity (Wildman–Crippen MR) is 224 cm³/mol. The molecule has 6 heteroatoms. The summed E-state index contributed by atoms with van der Waals surface area (Å²) >= 11 is 0. The number of carbonyl (C=O) groups is 3. The third-order valence-electron chi connectivity index (χ3n) is 10.8. The molecule has 1 unspecified atom stereocenters. The summed E-state index contributed by atoms with van der Waals surface area (Å²) in [6, 6.07) is 0. The molecule has 0 aliphatic rings. The van der Waals surface area contributed by atoms with E-state index in [9.17, 15) is 14.4 Å². The van der Waals surface area contributed by atoms with Crippen LogP contribution >= 0.6 is 0 Å². The van der Waals surface area contributed by atoms with Crippen LogP contribution in [0.25, 0.3) is 0 Å². The van der Waals surface area contributed by atoms with Crippen LogP contribution in [-0.2, 0) is 28.6 Å². The van der Waals surface area contributed by atoms with E-state index >= 15 is 0 Å². The second-order valence-corrected chi connectivity index (χ2v) is 16.8. The van der Waals surface area contributed by atoms with Gasteiger partial charge in [-0.15, -0.1) is 0 Å². The fourth-order valence-electron chi connectivity index (χ4n) is 6.90. The van der Waals surface area contributed by atoms with Gasteiger partial charge in [-0.1, -0.05) is 214 Å². The van der Waals surface area contributed by atoms with Crippen LogP contribution < -0.4 is 0 Å². The van der Waals surface area contributed by atoms with Gasteiger partial charge in [0.15, 0.2) is 6.10 Å². The van der Waals surface area contributed by atoms with Crippen LogP contribution in [0.5, 0.6) is 0 Å². The summed E-state index contributed by atoms with van der Waals surface area (Å²) in [6.07, 6.45) is 38.3. The Bertz CT molecular complexity index is 811. The first-order valence-electron chi connectivity index (χ1n) is 23.3. The Balaban J connectivity index is 4.14. The average molecular weight is 751 g/mol. The van der Waals surface area contributed by atoms with E-state index in [-0.39, 0.29) is 31.1 Å². The van der Waals surface area contributed by atoms with Crippen molar-refractivity contribution >= 4 is 17.9 Å². The summed E-state index contributed by atoms with van der Waals surface area (Å²) in [5.74, 6) is 0.823. The molecule has 0 radical (unpaired) electrons. The molecule has 0 aromatic rings. The highest BCUT2D eigenvalue weighted by molar-refractivity contribution is 5.71. The first-order chi connectivity index (χ1) is 25.8. The van der Waals surface area contributed by atoms with E-state index in [0.29, 0.717) is 19.3 Å². The Morgan fingerprint density at radius 1 is 0.396 bits per heavy atom. The highest BCUT2D eigenvalue weighted by Gasteiger charge is 2.19. The van der Waals surface area contributed by atoms with Crippen molar-refractivity contribution in [3.63, 3.8) is 0 Å². The van der Waals surface area contributed by atoms with Crippen molar-refractivity contribution in [1.82, 2.24) is 0 Å². The molecule has 6 nitrogen and oxygen atoms in total. The van der Waals surface area contributed by atoms with Crippen LogP contribution in [0.2, 0.25) is 0 Å². The largest absolute Gasteiger partial charge is 0.462 e. The maximum atomic E-state index is 12.7. The molecular formula is C47H90O6. The summed E-state index contributed by atoms with van der Waals surface area (Å²) in [5.41, 5.74) is 0. The maximum Gasteiger partial charge on any atom is 0.306 e. The van der Waals surface area contributed by atoms with Gasteiger partial charge in [-0.2, -0.15) is 0 Å². The van der Waals surface area contributed by atoms with Crippen molar-refractivity contribution in [2.75, 3.05) is 13.2 Å². The molecule has 0 saturated heterocycles. The van der Waals surface area contributed by atoms with E-state index in [1.807, 2.05) is 0 Å². The number of unbranched alkanes of at least 4 members (excludes halogenated alkanes) is 25. The van der Waals surface area contributed by atoms with Gasteiger partial charge in [-0.25, -0.2) is 0 Å². The van der Waals surface area contributed by atoms with Crippen LogP contribution in [0.3, 0.4) is 0 Å². The van der Waals surface area contributed by atoms with Crippen molar-refractivity contribution < 1.29 is 28.6 Å². The molecule has 0 bridgehead atoms. The molecule has 314 valence electrons. The zero-order valence-electron chi connectivity index (χ0n) is 36.1. The van der Waals surface area contributed by atoms with E-state index in [0.717, 1.165) is 76.0 Å². The van der Waals surface area contributed by atoms with Crippen molar-refractivity contribution in [2.24, 2.45) is 11.8 Å². The zero-order chi connectivity index (χ0) is 39.0. The summed E-state index contributed by atoms with van der Waals surface area (Å²) in [4.78, 5) is 37.5. The molecule has 0 fully saturated rings. The van der Waals surface area contributed by atoms with Crippen LogP contribution in [0.1, 0.15) is 253 Å². The first-order valence-corrected chi connectivity index (χ1v) is 23.3. The summed E-state index contributed by atoms with van der Waals surface area (Å²) < 4.78 is 16.6. The van der Waals surface area contributed by atoms with E-state index in [1.165, 1.54) is 135 Å². The minimum atomic E-state index is -0.759. The van der Waals surface area contributed by atoms with Gasteiger partial charge in [0.05, 0.1) is 0 Å². The zero-order valence-corrected chi connectivity index (χ0v) is 36.1. The second kappa shape index (κ2) is 40.1. The summed E-state index contributed by atoms with van der Waals surface area (Å²) in [6.45, 7) is 11.3. The third-order valence-corrected chi connectivity index (χ3v) is 10.8. The molecule has 0 rings (SSSR count). The lowest BCUT2D eigenvalue weighted by atomic mass is 9.99. The predicted octanol–water partition coefficient (Wildman–Crippen LogP) is 14.6. The molecule has 0 aliphatic heterocycles. The minimum absolute atomic E-state index is 0.0658. The standard InChI is InChI=1S/C47H90O6/c1-6-8-9-25-32-37-45(48)51-40-44(53-47(50)39-34-29-24-20-19-22-27-31-36-43(5)7-2)41-52-46(49)38-33-28-23-18-16-14-12-10-11-13-15-17-21-26-30-35-42(3)4/h42-44H,6-41H2,1-5H3/t43?,44-/m1/s1. The maximum absolute atomic E-state index is 12.7. The Hall–Kier alpha value is -1.59. The Kier molecular flexibility index (Phi) is 38.9. The number of rotatable bonds is 41. The van der Waals surface area contributed by atoms with E-state index in [1.54, 1.807) is 0 Å². The molecule has 53 heavy (non-hydrogen) atoms. The molecule has 0 spiro atoms. The minimum Gasteiger partial charge on any atom is -0.462 e. The van der Waals surface area contributed by atoms with Gasteiger partial charge < -0.3 is 14.2 Å². The molecule has 0 heterocycles. The topological polar surface area (TPSA) is 78.9 Å². The van der Waals surface area contributed by atoms with Gasteiger partial charge in [0.1, 0.15) is 13.2 Å². The Morgan fingerprint density at radius 3 is 1.08 bits per heavy atom. The third kappa shape index (κ3) is 39.9. The summed E-state index contributed by atoms with van der Waals surface area (Å²) in [7, 11) is 0. The Labute approximate surface area is 329 Å². The number of esters is 3. The monoisotopic (exact) mass is 751 g/mol. The van der Waals surface area contributed by atoms with Crippen LogP contribution in [0, 0.1) is 11.8 Å². The first kappa shape index (κ1) is 51.4. The number of hydrogen-bond acceptors (Lipinski definition) is 6. The lowest BCUT2D eigenvalue weighted by Gasteiger charge is -2.18. The van der Waals surface area contributed by atoms with Crippen LogP contribution in [-0.4, -0.2) is 37.2 Å². The number of ether oxygens (including phenoxy) is 3. The van der Waals surface area contributed by atoms with Crippen molar-refractivity contribution in [1.29, 1.82) is 0 Å². The highest BCUT2D eigenvalue weighted by atomic mass is 16.6. The van der Waals surface area contributed by atoms with Crippen molar-refractivity contribution in [3.8, 4) is 0 Å².